The standard InChI is InChI=1S/C22H20ClN3O4S/c1-13-7-8-14(9-17(13)26-31(27,28)16-6-4-5-15(23)10-16)22-24-18-11-20(29-2)21(30-3)12-19(18)25-22/h4-12,26H,1-3H3,(H,24,25). The molecular weight excluding hydrogens is 438 g/mol. The molecule has 1 aromatic heterocycles. The third-order valence-electron chi connectivity index (χ3n) is 4.85. The second-order valence-corrected chi connectivity index (χ2v) is 9.02. The van der Waals surface area contributed by atoms with Crippen LogP contribution in [0.15, 0.2) is 59.5 Å². The molecule has 0 unspecified atom stereocenters. The van der Waals surface area contributed by atoms with Crippen LogP contribution in [0.2, 0.25) is 5.02 Å². The van der Waals surface area contributed by atoms with Crippen LogP contribution in [-0.4, -0.2) is 32.6 Å². The van der Waals surface area contributed by atoms with Crippen LogP contribution in [0.5, 0.6) is 11.5 Å². The van der Waals surface area contributed by atoms with Gasteiger partial charge in [0.25, 0.3) is 10.0 Å². The molecule has 0 saturated heterocycles. The Labute approximate surface area is 185 Å². The van der Waals surface area contributed by atoms with Gasteiger partial charge < -0.3 is 14.5 Å². The van der Waals surface area contributed by atoms with E-state index in [1.165, 1.54) is 12.1 Å². The van der Waals surface area contributed by atoms with Crippen LogP contribution in [-0.2, 0) is 10.0 Å². The van der Waals surface area contributed by atoms with Crippen LogP contribution >= 0.6 is 11.6 Å². The number of aryl methyl sites for hydroxylation is 1. The maximum atomic E-state index is 12.8. The van der Waals surface area contributed by atoms with Gasteiger partial charge in [0.2, 0.25) is 0 Å². The zero-order valence-corrected chi connectivity index (χ0v) is 18.6. The first-order valence-corrected chi connectivity index (χ1v) is 11.2. The van der Waals surface area contributed by atoms with Gasteiger partial charge in [0, 0.05) is 22.7 Å². The Morgan fingerprint density at radius 2 is 1.74 bits per heavy atom. The number of nitrogens with one attached hydrogen (secondary N) is 2. The average Bonchev–Trinajstić information content (AvgIpc) is 3.17. The molecule has 0 aliphatic rings. The maximum Gasteiger partial charge on any atom is 0.261 e. The molecule has 31 heavy (non-hydrogen) atoms. The number of rotatable bonds is 6. The van der Waals surface area contributed by atoms with Crippen LogP contribution in [0, 0.1) is 6.92 Å². The predicted octanol–water partition coefficient (Wildman–Crippen LogP) is 5.01. The van der Waals surface area contributed by atoms with E-state index in [-0.39, 0.29) is 4.90 Å². The van der Waals surface area contributed by atoms with Crippen molar-refractivity contribution < 1.29 is 17.9 Å². The lowest BCUT2D eigenvalue weighted by Gasteiger charge is -2.12. The van der Waals surface area contributed by atoms with Crippen molar-refractivity contribution in [2.75, 3.05) is 18.9 Å². The van der Waals surface area contributed by atoms with E-state index in [9.17, 15) is 8.42 Å². The number of methoxy groups -OCH3 is 2. The molecule has 0 aliphatic heterocycles. The summed E-state index contributed by atoms with van der Waals surface area (Å²) in [6, 6.07) is 15.2. The van der Waals surface area contributed by atoms with Gasteiger partial charge in [-0.1, -0.05) is 29.8 Å². The number of hydrogen-bond acceptors (Lipinski definition) is 5. The van der Waals surface area contributed by atoms with Crippen molar-refractivity contribution in [2.45, 2.75) is 11.8 Å². The molecule has 3 aromatic carbocycles. The Bertz CT molecular complexity index is 1340. The van der Waals surface area contributed by atoms with Crippen molar-refractivity contribution in [3.63, 3.8) is 0 Å². The monoisotopic (exact) mass is 457 g/mol. The number of sulfonamides is 1. The number of imidazole rings is 1. The van der Waals surface area contributed by atoms with Gasteiger partial charge in [-0.15, -0.1) is 0 Å². The highest BCUT2D eigenvalue weighted by Gasteiger charge is 2.17. The lowest BCUT2D eigenvalue weighted by molar-refractivity contribution is 0.356. The number of benzene rings is 3. The van der Waals surface area contributed by atoms with Crippen molar-refractivity contribution in [3.05, 3.63) is 65.2 Å². The minimum atomic E-state index is -3.80. The molecule has 9 heteroatoms. The molecule has 1 heterocycles. The molecular formula is C22H20ClN3O4S. The van der Waals surface area contributed by atoms with Crippen molar-refractivity contribution in [1.82, 2.24) is 9.97 Å². The minimum absolute atomic E-state index is 0.0905. The fourth-order valence-electron chi connectivity index (χ4n) is 3.19. The quantitative estimate of drug-likeness (QED) is 0.424. The van der Waals surface area contributed by atoms with Crippen molar-refractivity contribution in [2.24, 2.45) is 0 Å². The summed E-state index contributed by atoms with van der Waals surface area (Å²) in [5, 5.41) is 0.349. The summed E-state index contributed by atoms with van der Waals surface area (Å²) in [6.07, 6.45) is 0. The minimum Gasteiger partial charge on any atom is -0.493 e. The zero-order valence-electron chi connectivity index (χ0n) is 17.1. The summed E-state index contributed by atoms with van der Waals surface area (Å²) in [5.74, 6) is 1.75. The van der Waals surface area contributed by atoms with Crippen LogP contribution in [0.25, 0.3) is 22.4 Å². The number of hydrogen-bond donors (Lipinski definition) is 2. The first kappa shape index (κ1) is 21.0. The van der Waals surface area contributed by atoms with Crippen LogP contribution in [0.4, 0.5) is 5.69 Å². The summed E-state index contributed by atoms with van der Waals surface area (Å²) >= 11 is 5.95. The first-order valence-electron chi connectivity index (χ1n) is 9.32. The highest BCUT2D eigenvalue weighted by Crippen LogP contribution is 2.33. The summed E-state index contributed by atoms with van der Waals surface area (Å²) < 4.78 is 38.9. The topological polar surface area (TPSA) is 93.3 Å². The molecule has 0 saturated carbocycles. The number of halogens is 1. The van der Waals surface area contributed by atoms with Crippen LogP contribution in [0.1, 0.15) is 5.56 Å². The Hall–Kier alpha value is -3.23. The largest absolute Gasteiger partial charge is 0.493 e. The lowest BCUT2D eigenvalue weighted by Crippen LogP contribution is -2.13. The van der Waals surface area contributed by atoms with E-state index < -0.39 is 10.0 Å². The van der Waals surface area contributed by atoms with E-state index in [1.54, 1.807) is 38.5 Å². The number of nitrogens with zero attached hydrogens (tertiary/aromatic N) is 1. The van der Waals surface area contributed by atoms with Crippen molar-refractivity contribution >= 4 is 38.3 Å². The fourth-order valence-corrected chi connectivity index (χ4v) is 4.61. The summed E-state index contributed by atoms with van der Waals surface area (Å²) in [4.78, 5) is 7.95. The second kappa shape index (κ2) is 8.13. The lowest BCUT2D eigenvalue weighted by atomic mass is 10.1. The van der Waals surface area contributed by atoms with Gasteiger partial charge in [-0.05, 0) is 36.8 Å². The van der Waals surface area contributed by atoms with Gasteiger partial charge in [-0.2, -0.15) is 0 Å². The normalized spacial score (nSPS) is 11.5. The fraction of sp³-hybridized carbons (Fsp3) is 0.136. The molecule has 2 N–H and O–H groups in total. The molecule has 4 aromatic rings. The molecule has 160 valence electrons. The maximum absolute atomic E-state index is 12.8. The molecule has 0 atom stereocenters. The number of ether oxygens (including phenoxy) is 2. The molecule has 0 amide bonds. The smallest absolute Gasteiger partial charge is 0.261 e. The molecule has 4 rings (SSSR count). The number of fused-ring (bicyclic) bond motifs is 1. The van der Waals surface area contributed by atoms with Gasteiger partial charge in [0.1, 0.15) is 5.82 Å². The van der Waals surface area contributed by atoms with Gasteiger partial charge in [-0.3, -0.25) is 4.72 Å². The number of aromatic nitrogens is 2. The van der Waals surface area contributed by atoms with Crippen molar-refractivity contribution in [3.8, 4) is 22.9 Å². The van der Waals surface area contributed by atoms with Crippen LogP contribution < -0.4 is 14.2 Å². The van der Waals surface area contributed by atoms with E-state index in [0.717, 1.165) is 16.6 Å². The van der Waals surface area contributed by atoms with Gasteiger partial charge in [0.15, 0.2) is 11.5 Å². The zero-order chi connectivity index (χ0) is 22.2. The number of aromatic amines is 1. The number of H-pyrrole nitrogens is 1. The van der Waals surface area contributed by atoms with Gasteiger partial charge in [-0.25, -0.2) is 13.4 Å². The average molecular weight is 458 g/mol. The second-order valence-electron chi connectivity index (χ2n) is 6.90. The third kappa shape index (κ3) is 4.17. The first-order chi connectivity index (χ1) is 14.8. The molecule has 0 aliphatic carbocycles. The highest BCUT2D eigenvalue weighted by molar-refractivity contribution is 7.92. The van der Waals surface area contributed by atoms with E-state index >= 15 is 0 Å². The van der Waals surface area contributed by atoms with E-state index in [1.807, 2.05) is 25.1 Å². The number of anilines is 1. The Morgan fingerprint density at radius 1 is 1.00 bits per heavy atom. The van der Waals surface area contributed by atoms with Gasteiger partial charge >= 0.3 is 0 Å². The highest BCUT2D eigenvalue weighted by atomic mass is 35.5. The summed E-state index contributed by atoms with van der Waals surface area (Å²) in [7, 11) is -0.664. The molecule has 0 bridgehead atoms. The molecule has 0 radical (unpaired) electrons. The molecule has 0 spiro atoms. The van der Waals surface area contributed by atoms with Gasteiger partial charge in [0.05, 0.1) is 35.8 Å². The summed E-state index contributed by atoms with van der Waals surface area (Å²) in [6.45, 7) is 1.83. The summed E-state index contributed by atoms with van der Waals surface area (Å²) in [5.41, 5.74) is 3.42. The van der Waals surface area contributed by atoms with E-state index in [2.05, 4.69) is 14.7 Å². The van der Waals surface area contributed by atoms with E-state index in [0.29, 0.717) is 33.6 Å². The van der Waals surface area contributed by atoms with Crippen molar-refractivity contribution in [1.29, 1.82) is 0 Å². The van der Waals surface area contributed by atoms with E-state index in [4.69, 9.17) is 21.1 Å². The van der Waals surface area contributed by atoms with Crippen LogP contribution in [0.3, 0.4) is 0 Å². The predicted molar refractivity (Wildman–Crippen MR) is 122 cm³/mol. The Morgan fingerprint density at radius 3 is 2.45 bits per heavy atom. The Balaban J connectivity index is 1.72. The SMILES string of the molecule is COc1cc2nc(-c3ccc(C)c(NS(=O)(=O)c4cccc(Cl)c4)c3)[nH]c2cc1OC. The third-order valence-corrected chi connectivity index (χ3v) is 6.45. The molecule has 7 nitrogen and oxygen atoms in total. The molecule has 0 fully saturated rings. The Kier molecular flexibility index (Phi) is 5.51.